The van der Waals surface area contributed by atoms with E-state index in [1.807, 2.05) is 36.4 Å². The van der Waals surface area contributed by atoms with Gasteiger partial charge in [0.2, 0.25) is 0 Å². The highest BCUT2D eigenvalue weighted by atomic mass is 16.5. The van der Waals surface area contributed by atoms with Gasteiger partial charge in [-0.1, -0.05) is 36.4 Å². The second-order valence-electron chi connectivity index (χ2n) is 8.89. The van der Waals surface area contributed by atoms with Gasteiger partial charge in [0.1, 0.15) is 30.3 Å². The summed E-state index contributed by atoms with van der Waals surface area (Å²) in [5.74, 6) is 0.307. The molecule has 1 aromatic heterocycles. The van der Waals surface area contributed by atoms with Crippen LogP contribution in [0.1, 0.15) is 29.5 Å². The van der Waals surface area contributed by atoms with E-state index in [1.54, 1.807) is 24.5 Å². The molecule has 4 aromatic rings. The fraction of sp³-hybridized carbons (Fsp3) is 0.276. The maximum absolute atomic E-state index is 11.3. The average Bonchev–Trinajstić information content (AvgIpc) is 3.59. The zero-order chi connectivity index (χ0) is 24.9. The molecule has 0 amide bonds. The molecule has 0 radical (unpaired) electrons. The van der Waals surface area contributed by atoms with Gasteiger partial charge in [0.25, 0.3) is 0 Å². The minimum absolute atomic E-state index is 0.0536. The van der Waals surface area contributed by atoms with E-state index >= 15 is 0 Å². The molecule has 3 aromatic carbocycles. The van der Waals surface area contributed by atoms with E-state index in [0.717, 1.165) is 52.7 Å². The standard InChI is InChI=1S/C29H29NO6/c30-16-19-5-3-7-20(13-19)25-14-22(17-35-26-9-2-1-6-21(26)15-27(31)32)28(24-10-12-34-29(24)25)36-18-23-8-4-11-33-23/h1-3,5-7,9-10,12-14,23H,4,8,11,15-18,30H2,(H,31,32). The van der Waals surface area contributed by atoms with Crippen molar-refractivity contribution >= 4 is 16.9 Å². The number of furan rings is 1. The topological polar surface area (TPSA) is 104 Å². The zero-order valence-corrected chi connectivity index (χ0v) is 19.9. The third-order valence-electron chi connectivity index (χ3n) is 6.37. The Kier molecular flexibility index (Phi) is 7.21. The lowest BCUT2D eigenvalue weighted by Crippen LogP contribution is -2.17. The van der Waals surface area contributed by atoms with E-state index in [2.05, 4.69) is 6.07 Å². The second kappa shape index (κ2) is 10.8. The number of nitrogens with two attached hydrogens (primary N) is 1. The third-order valence-corrected chi connectivity index (χ3v) is 6.37. The van der Waals surface area contributed by atoms with Gasteiger partial charge in [0.15, 0.2) is 0 Å². The number of hydrogen-bond donors (Lipinski definition) is 2. The normalized spacial score (nSPS) is 15.3. The van der Waals surface area contributed by atoms with E-state index < -0.39 is 5.97 Å². The van der Waals surface area contributed by atoms with Crippen molar-refractivity contribution < 1.29 is 28.5 Å². The van der Waals surface area contributed by atoms with Gasteiger partial charge < -0.3 is 29.5 Å². The highest BCUT2D eigenvalue weighted by molar-refractivity contribution is 5.97. The van der Waals surface area contributed by atoms with Crippen LogP contribution in [0.15, 0.2) is 71.3 Å². The Balaban J connectivity index is 1.54. The number of carboxylic acids is 1. The lowest BCUT2D eigenvalue weighted by molar-refractivity contribution is -0.136. The molecule has 7 nitrogen and oxygen atoms in total. The van der Waals surface area contributed by atoms with Crippen LogP contribution in [0, 0.1) is 0 Å². The van der Waals surface area contributed by atoms with Gasteiger partial charge in [-0.3, -0.25) is 4.79 Å². The van der Waals surface area contributed by atoms with Crippen LogP contribution >= 0.6 is 0 Å². The average molecular weight is 488 g/mol. The number of benzene rings is 3. The number of aliphatic carboxylic acids is 1. The summed E-state index contributed by atoms with van der Waals surface area (Å²) >= 11 is 0. The van der Waals surface area contributed by atoms with Crippen molar-refractivity contribution in [2.24, 2.45) is 5.73 Å². The summed E-state index contributed by atoms with van der Waals surface area (Å²) in [5, 5.41) is 10.1. The molecule has 186 valence electrons. The quantitative estimate of drug-likeness (QED) is 0.312. The summed E-state index contributed by atoms with van der Waals surface area (Å²) in [6, 6.07) is 19.2. The van der Waals surface area contributed by atoms with E-state index in [4.69, 9.17) is 24.4 Å². The smallest absolute Gasteiger partial charge is 0.307 e. The molecular formula is C29H29NO6. The van der Waals surface area contributed by atoms with Crippen LogP contribution in [-0.2, 0) is 29.1 Å². The van der Waals surface area contributed by atoms with Crippen LogP contribution in [0.4, 0.5) is 0 Å². The Hall–Kier alpha value is -3.81. The zero-order valence-electron chi connectivity index (χ0n) is 19.9. The van der Waals surface area contributed by atoms with E-state index in [0.29, 0.717) is 30.2 Å². The van der Waals surface area contributed by atoms with Gasteiger partial charge >= 0.3 is 5.97 Å². The first kappa shape index (κ1) is 23.9. The molecule has 0 saturated carbocycles. The first-order valence-electron chi connectivity index (χ1n) is 12.1. The lowest BCUT2D eigenvalue weighted by Gasteiger charge is -2.18. The summed E-state index contributed by atoms with van der Waals surface area (Å²) in [5.41, 5.74) is 11.0. The molecule has 1 unspecified atom stereocenters. The van der Waals surface area contributed by atoms with Crippen molar-refractivity contribution in [3.63, 3.8) is 0 Å². The molecule has 0 bridgehead atoms. The minimum atomic E-state index is -0.909. The summed E-state index contributed by atoms with van der Waals surface area (Å²) in [7, 11) is 0. The third kappa shape index (κ3) is 5.22. The number of carbonyl (C=O) groups is 1. The minimum Gasteiger partial charge on any atom is -0.490 e. The van der Waals surface area contributed by atoms with Crippen molar-refractivity contribution in [2.75, 3.05) is 13.2 Å². The number of para-hydroxylation sites is 1. The van der Waals surface area contributed by atoms with Crippen LogP contribution in [0.2, 0.25) is 0 Å². The molecule has 1 atom stereocenters. The predicted molar refractivity (Wildman–Crippen MR) is 136 cm³/mol. The van der Waals surface area contributed by atoms with Gasteiger partial charge in [0, 0.05) is 29.8 Å². The van der Waals surface area contributed by atoms with Crippen molar-refractivity contribution in [1.82, 2.24) is 0 Å². The maximum Gasteiger partial charge on any atom is 0.307 e. The molecule has 1 saturated heterocycles. The Labute approximate surface area is 209 Å². The Morgan fingerprint density at radius 3 is 2.75 bits per heavy atom. The summed E-state index contributed by atoms with van der Waals surface area (Å²) in [6.07, 6.45) is 3.59. The molecule has 36 heavy (non-hydrogen) atoms. The van der Waals surface area contributed by atoms with Gasteiger partial charge in [-0.2, -0.15) is 0 Å². The van der Waals surface area contributed by atoms with Gasteiger partial charge in [-0.05, 0) is 48.2 Å². The Morgan fingerprint density at radius 2 is 1.94 bits per heavy atom. The van der Waals surface area contributed by atoms with Crippen LogP contribution in [0.5, 0.6) is 11.5 Å². The van der Waals surface area contributed by atoms with Gasteiger partial charge in [0.05, 0.1) is 24.2 Å². The van der Waals surface area contributed by atoms with Gasteiger partial charge in [-0.25, -0.2) is 0 Å². The van der Waals surface area contributed by atoms with E-state index in [1.165, 1.54) is 0 Å². The van der Waals surface area contributed by atoms with Crippen LogP contribution in [0.3, 0.4) is 0 Å². The molecule has 0 aliphatic carbocycles. The molecule has 1 fully saturated rings. The molecule has 5 rings (SSSR count). The fourth-order valence-corrected chi connectivity index (χ4v) is 4.59. The highest BCUT2D eigenvalue weighted by Gasteiger charge is 2.22. The predicted octanol–water partition coefficient (Wildman–Crippen LogP) is 5.32. The van der Waals surface area contributed by atoms with Crippen molar-refractivity contribution in [3.8, 4) is 22.6 Å². The first-order chi connectivity index (χ1) is 17.6. The van der Waals surface area contributed by atoms with Crippen LogP contribution in [0.25, 0.3) is 22.1 Å². The monoisotopic (exact) mass is 487 g/mol. The molecule has 1 aliphatic heterocycles. The molecule has 3 N–H and O–H groups in total. The number of hydrogen-bond acceptors (Lipinski definition) is 6. The van der Waals surface area contributed by atoms with Gasteiger partial charge in [-0.15, -0.1) is 0 Å². The maximum atomic E-state index is 11.3. The van der Waals surface area contributed by atoms with Crippen molar-refractivity contribution in [1.29, 1.82) is 0 Å². The Bertz CT molecular complexity index is 1360. The number of fused-ring (bicyclic) bond motifs is 1. The Morgan fingerprint density at radius 1 is 1.06 bits per heavy atom. The molecule has 2 heterocycles. The molecule has 7 heteroatoms. The highest BCUT2D eigenvalue weighted by Crippen LogP contribution is 2.39. The molecular weight excluding hydrogens is 458 g/mol. The molecule has 1 aliphatic rings. The first-order valence-corrected chi connectivity index (χ1v) is 12.1. The van der Waals surface area contributed by atoms with Crippen LogP contribution in [-0.4, -0.2) is 30.4 Å². The summed E-state index contributed by atoms with van der Waals surface area (Å²) in [6.45, 7) is 1.82. The largest absolute Gasteiger partial charge is 0.490 e. The van der Waals surface area contributed by atoms with Crippen molar-refractivity contribution in [2.45, 2.75) is 38.5 Å². The fourth-order valence-electron chi connectivity index (χ4n) is 4.59. The molecule has 0 spiro atoms. The second-order valence-corrected chi connectivity index (χ2v) is 8.89. The van der Waals surface area contributed by atoms with Crippen LogP contribution < -0.4 is 15.2 Å². The summed E-state index contributed by atoms with van der Waals surface area (Å²) in [4.78, 5) is 11.3. The lowest BCUT2D eigenvalue weighted by atomic mass is 9.98. The van der Waals surface area contributed by atoms with E-state index in [9.17, 15) is 9.90 Å². The number of ether oxygens (including phenoxy) is 3. The number of carboxylic acid groups (broad SMARTS) is 1. The number of rotatable bonds is 10. The summed E-state index contributed by atoms with van der Waals surface area (Å²) < 4.78 is 24.2. The van der Waals surface area contributed by atoms with Crippen molar-refractivity contribution in [3.05, 3.63) is 83.6 Å². The van der Waals surface area contributed by atoms with E-state index in [-0.39, 0.29) is 19.1 Å². The SMILES string of the molecule is NCc1cccc(-c2cc(COc3ccccc3CC(=O)O)c(OCC3CCCO3)c3ccoc23)c1.